The lowest BCUT2D eigenvalue weighted by molar-refractivity contribution is -0.144. The van der Waals surface area contributed by atoms with Crippen LogP contribution >= 0.6 is 21.6 Å². The first-order valence-corrected chi connectivity index (χ1v) is 44.9. The largest absolute Gasteiger partial charge is 0.464 e. The SMILES string of the molecule is CC/C=C\C/C=C\C/C=C\CCCCCC[C@@H](O)CN(CCCCC(=O)OCCN1CCN(CCSSCCCN(C[C@@H](O)CCCCCC/C=C\CCCCCCCC)C[C@@H](O)CCCCCC/C=C\CCCCCCCC)CC1)C[C@H](O)CCCCCC/C=C\C/C=C\C/C=C\CC. The lowest BCUT2D eigenvalue weighted by Crippen LogP contribution is -2.47. The number of unbranched alkanes of at least 4 members (excludes halogenated alkanes) is 29. The maximum atomic E-state index is 12.9. The van der Waals surface area contributed by atoms with Crippen molar-refractivity contribution in [3.8, 4) is 0 Å². The summed E-state index contributed by atoms with van der Waals surface area (Å²) < 4.78 is 5.76. The van der Waals surface area contributed by atoms with E-state index in [2.05, 4.69) is 145 Å². The van der Waals surface area contributed by atoms with Crippen molar-refractivity contribution in [2.24, 2.45) is 0 Å². The number of hydrogen-bond acceptors (Lipinski definition) is 12. The molecule has 0 radical (unpaired) electrons. The summed E-state index contributed by atoms with van der Waals surface area (Å²) in [7, 11) is 3.94. The fraction of sp³-hybridized carbons (Fsp3) is 0.807. The summed E-state index contributed by atoms with van der Waals surface area (Å²) in [5.41, 5.74) is 0. The van der Waals surface area contributed by atoms with Crippen LogP contribution in [0.3, 0.4) is 0 Å². The van der Waals surface area contributed by atoms with Crippen LogP contribution in [-0.4, -0.2) is 167 Å². The molecule has 1 aliphatic heterocycles. The fourth-order valence-corrected chi connectivity index (χ4v) is 15.2. The minimum Gasteiger partial charge on any atom is -0.464 e. The van der Waals surface area contributed by atoms with Gasteiger partial charge in [0, 0.05) is 83.4 Å². The summed E-state index contributed by atoms with van der Waals surface area (Å²) in [6, 6.07) is 0. The van der Waals surface area contributed by atoms with Crippen molar-refractivity contribution in [3.63, 3.8) is 0 Å². The molecule has 4 atom stereocenters. The molecule has 1 fully saturated rings. The Morgan fingerprint density at radius 3 is 1.02 bits per heavy atom. The zero-order valence-corrected chi connectivity index (χ0v) is 67.4. The molecule has 0 aromatic heterocycles. The molecule has 10 nitrogen and oxygen atoms in total. The zero-order chi connectivity index (χ0) is 72.2. The number of aliphatic hydroxyl groups is 4. The van der Waals surface area contributed by atoms with Crippen LogP contribution in [-0.2, 0) is 9.53 Å². The molecule has 1 aliphatic rings. The number of aliphatic hydroxyl groups excluding tert-OH is 4. The molecule has 1 heterocycles. The van der Waals surface area contributed by atoms with E-state index in [1.165, 1.54) is 167 Å². The molecular formula is C88H162N4O6S2. The van der Waals surface area contributed by atoms with Gasteiger partial charge in [0.25, 0.3) is 0 Å². The number of esters is 1. The van der Waals surface area contributed by atoms with Crippen molar-refractivity contribution in [1.29, 1.82) is 0 Å². The second-order valence-electron chi connectivity index (χ2n) is 29.1. The number of rotatable bonds is 76. The molecule has 4 N–H and O–H groups in total. The highest BCUT2D eigenvalue weighted by molar-refractivity contribution is 8.76. The summed E-state index contributed by atoms with van der Waals surface area (Å²) in [5, 5.41) is 44.8. The summed E-state index contributed by atoms with van der Waals surface area (Å²) >= 11 is 0. The van der Waals surface area contributed by atoms with Gasteiger partial charge in [0.2, 0.25) is 0 Å². The van der Waals surface area contributed by atoms with Gasteiger partial charge in [-0.15, -0.1) is 0 Å². The van der Waals surface area contributed by atoms with E-state index in [0.717, 1.165) is 199 Å². The number of carbonyl (C=O) groups excluding carboxylic acids is 1. The smallest absolute Gasteiger partial charge is 0.305 e. The topological polar surface area (TPSA) is 120 Å². The molecule has 0 bridgehead atoms. The molecule has 0 unspecified atom stereocenters. The summed E-state index contributed by atoms with van der Waals surface area (Å²) in [4.78, 5) is 22.5. The number of piperazine rings is 1. The zero-order valence-electron chi connectivity index (χ0n) is 65.8. The summed E-state index contributed by atoms with van der Waals surface area (Å²) in [5.74, 6) is 2.04. The standard InChI is InChI=1S/C88H162N4O6S2/c1-5-9-13-17-21-25-29-33-37-41-45-49-53-57-64-84(93)80-91(81-85(94)65-58-54-50-46-42-38-34-30-26-22-18-14-10-6-2)69-62-61-68-88(97)98-77-75-89-71-73-90(74-72-89)76-79-100-99-78-63-70-92(82-86(95)66-59-55-51-47-43-39-35-31-27-23-19-15-11-7-3)83-87(96)67-60-56-52-48-44-40-36-32-28-24-20-16-12-8-4/h9-10,13-14,21-22,25-26,33-40,84-87,93-96H,5-8,11-12,15-20,23-24,27-32,41-83H2,1-4H3/b13-9-,14-10-,25-21-,26-22-,37-33-,38-34-,39-35-,40-36-/t84-,85-,86+,87+/m1/s1. The Hall–Kier alpha value is -2.23. The third kappa shape index (κ3) is 70.1. The van der Waals surface area contributed by atoms with Crippen molar-refractivity contribution < 1.29 is 30.0 Å². The summed E-state index contributed by atoms with van der Waals surface area (Å²) in [6.45, 7) is 19.3. The van der Waals surface area contributed by atoms with Gasteiger partial charge in [0.05, 0.1) is 24.4 Å². The molecule has 0 aliphatic carbocycles. The second kappa shape index (κ2) is 77.9. The lowest BCUT2D eigenvalue weighted by atomic mass is 10.1. The molecule has 582 valence electrons. The highest BCUT2D eigenvalue weighted by Gasteiger charge is 2.20. The number of nitrogens with zero attached hydrogens (tertiary/aromatic N) is 4. The van der Waals surface area contributed by atoms with Crippen LogP contribution in [0.25, 0.3) is 0 Å². The van der Waals surface area contributed by atoms with Gasteiger partial charge < -0.3 is 25.2 Å². The number of ether oxygens (including phenoxy) is 1. The third-order valence-corrected chi connectivity index (χ3v) is 21.8. The van der Waals surface area contributed by atoms with Gasteiger partial charge in [-0.1, -0.05) is 288 Å². The first-order chi connectivity index (χ1) is 49.2. The number of carbonyl (C=O) groups is 1. The molecule has 1 saturated heterocycles. The number of hydrogen-bond donors (Lipinski definition) is 4. The predicted molar refractivity (Wildman–Crippen MR) is 443 cm³/mol. The van der Waals surface area contributed by atoms with Crippen LogP contribution in [0.5, 0.6) is 0 Å². The van der Waals surface area contributed by atoms with Crippen molar-refractivity contribution >= 4 is 27.6 Å². The first-order valence-electron chi connectivity index (χ1n) is 42.4. The average Bonchev–Trinajstić information content (AvgIpc) is 1.19. The van der Waals surface area contributed by atoms with Gasteiger partial charge in [-0.2, -0.15) is 0 Å². The normalized spacial score (nSPS) is 15.1. The molecule has 0 saturated carbocycles. The van der Waals surface area contributed by atoms with Gasteiger partial charge in [-0.05, 0) is 174 Å². The van der Waals surface area contributed by atoms with Crippen LogP contribution in [0.15, 0.2) is 97.2 Å². The Balaban J connectivity index is 2.47. The lowest BCUT2D eigenvalue weighted by Gasteiger charge is -2.34. The Morgan fingerprint density at radius 2 is 0.650 bits per heavy atom. The van der Waals surface area contributed by atoms with E-state index >= 15 is 0 Å². The average molecular weight is 1440 g/mol. The Kier molecular flexibility index (Phi) is 74.6. The van der Waals surface area contributed by atoms with Crippen LogP contribution in [0.1, 0.15) is 336 Å². The van der Waals surface area contributed by atoms with Gasteiger partial charge in [0.1, 0.15) is 6.61 Å². The molecular weight excluding hydrogens is 1270 g/mol. The van der Waals surface area contributed by atoms with E-state index in [4.69, 9.17) is 4.74 Å². The molecule has 0 amide bonds. The van der Waals surface area contributed by atoms with Crippen molar-refractivity contribution in [2.75, 3.05) is 96.6 Å². The molecule has 100 heavy (non-hydrogen) atoms. The maximum absolute atomic E-state index is 12.9. The van der Waals surface area contributed by atoms with Crippen molar-refractivity contribution in [1.82, 2.24) is 19.6 Å². The fourth-order valence-electron chi connectivity index (χ4n) is 13.1. The first kappa shape index (κ1) is 95.8. The predicted octanol–water partition coefficient (Wildman–Crippen LogP) is 22.8. The highest BCUT2D eigenvalue weighted by atomic mass is 33.1. The molecule has 1 rings (SSSR count). The monoisotopic (exact) mass is 1440 g/mol. The van der Waals surface area contributed by atoms with Crippen LogP contribution < -0.4 is 0 Å². The maximum Gasteiger partial charge on any atom is 0.305 e. The number of allylic oxidation sites excluding steroid dienone is 16. The van der Waals surface area contributed by atoms with Gasteiger partial charge >= 0.3 is 5.97 Å². The van der Waals surface area contributed by atoms with Crippen LogP contribution in [0, 0.1) is 0 Å². The van der Waals surface area contributed by atoms with E-state index < -0.39 is 12.2 Å². The Bertz CT molecular complexity index is 1850. The van der Waals surface area contributed by atoms with E-state index in [0.29, 0.717) is 39.2 Å². The summed E-state index contributed by atoms with van der Waals surface area (Å²) in [6.07, 6.45) is 89.3. The van der Waals surface area contributed by atoms with Gasteiger partial charge in [0.15, 0.2) is 0 Å². The minimum atomic E-state index is -0.422. The molecule has 12 heteroatoms. The third-order valence-electron chi connectivity index (χ3n) is 19.4. The quantitative estimate of drug-likeness (QED) is 0.0201. The van der Waals surface area contributed by atoms with E-state index in [1.807, 2.05) is 21.6 Å². The minimum absolute atomic E-state index is 0.129. The van der Waals surface area contributed by atoms with Crippen molar-refractivity contribution in [3.05, 3.63) is 97.2 Å². The van der Waals surface area contributed by atoms with E-state index in [-0.39, 0.29) is 18.2 Å². The molecule has 0 aromatic rings. The Labute approximate surface area is 627 Å². The second-order valence-corrected chi connectivity index (χ2v) is 31.8. The van der Waals surface area contributed by atoms with Crippen LogP contribution in [0.4, 0.5) is 0 Å². The molecule has 0 aromatic carbocycles. The van der Waals surface area contributed by atoms with Gasteiger partial charge in [-0.25, -0.2) is 0 Å². The molecule has 0 spiro atoms. The van der Waals surface area contributed by atoms with E-state index in [1.54, 1.807) is 0 Å². The highest BCUT2D eigenvalue weighted by Crippen LogP contribution is 2.23. The van der Waals surface area contributed by atoms with Gasteiger partial charge in [-0.3, -0.25) is 24.4 Å². The van der Waals surface area contributed by atoms with Crippen molar-refractivity contribution in [2.45, 2.75) is 360 Å². The van der Waals surface area contributed by atoms with Crippen LogP contribution in [0.2, 0.25) is 0 Å². The van der Waals surface area contributed by atoms with E-state index in [9.17, 15) is 25.2 Å². The Morgan fingerprint density at radius 1 is 0.350 bits per heavy atom.